The molecule has 0 radical (unpaired) electrons. The summed E-state index contributed by atoms with van der Waals surface area (Å²) in [5.74, 6) is 0. The van der Waals surface area contributed by atoms with Crippen LogP contribution in [0.1, 0.15) is 25.0 Å². The second-order valence-corrected chi connectivity index (χ2v) is 4.67. The number of nitrogens with zero attached hydrogens (tertiary/aromatic N) is 2. The quantitative estimate of drug-likeness (QED) is 0.807. The molecule has 1 aliphatic carbocycles. The highest BCUT2D eigenvalue weighted by molar-refractivity contribution is 7.13. The molecule has 0 bridgehead atoms. The van der Waals surface area contributed by atoms with E-state index in [1.807, 2.05) is 6.92 Å². The minimum Gasteiger partial charge on any atom is -0.345 e. The Morgan fingerprint density at radius 2 is 2.43 bits per heavy atom. The van der Waals surface area contributed by atoms with Crippen LogP contribution in [0, 0.1) is 6.92 Å². The first-order chi connectivity index (χ1) is 6.81. The molecule has 0 amide bonds. The zero-order valence-corrected chi connectivity index (χ0v) is 9.39. The van der Waals surface area contributed by atoms with Gasteiger partial charge in [0.2, 0.25) is 0 Å². The average Bonchev–Trinajstić information content (AvgIpc) is 2.91. The van der Waals surface area contributed by atoms with E-state index in [-0.39, 0.29) is 0 Å². The van der Waals surface area contributed by atoms with Gasteiger partial charge in [-0.1, -0.05) is 0 Å². The van der Waals surface area contributed by atoms with Gasteiger partial charge in [0.25, 0.3) is 0 Å². The molecule has 0 aromatic carbocycles. The van der Waals surface area contributed by atoms with Gasteiger partial charge in [-0.15, -0.1) is 11.3 Å². The molecule has 3 nitrogen and oxygen atoms in total. The Bertz CT molecular complexity index is 293. The molecule has 78 valence electrons. The predicted octanol–water partition coefficient (Wildman–Crippen LogP) is 1.77. The Kier molecular flexibility index (Phi) is 3.03. The van der Waals surface area contributed by atoms with Crippen molar-refractivity contribution >= 4 is 16.5 Å². The molecule has 1 aliphatic rings. The molecule has 2 rings (SSSR count). The molecule has 1 heterocycles. The Morgan fingerprint density at radius 3 is 2.93 bits per heavy atom. The van der Waals surface area contributed by atoms with Crippen molar-refractivity contribution in [3.05, 3.63) is 11.1 Å². The van der Waals surface area contributed by atoms with Crippen LogP contribution in [0.25, 0.3) is 0 Å². The summed E-state index contributed by atoms with van der Waals surface area (Å²) in [5.41, 5.74) is 6.67. The van der Waals surface area contributed by atoms with Crippen LogP contribution in [0.15, 0.2) is 5.38 Å². The maximum atomic E-state index is 5.54. The average molecular weight is 211 g/mol. The van der Waals surface area contributed by atoms with Gasteiger partial charge >= 0.3 is 0 Å². The van der Waals surface area contributed by atoms with E-state index < -0.39 is 0 Å². The largest absolute Gasteiger partial charge is 0.345 e. The van der Waals surface area contributed by atoms with Gasteiger partial charge in [0.15, 0.2) is 5.13 Å². The molecule has 0 atom stereocenters. The van der Waals surface area contributed by atoms with E-state index in [0.717, 1.165) is 31.2 Å². The zero-order chi connectivity index (χ0) is 9.97. The van der Waals surface area contributed by atoms with Gasteiger partial charge in [0.05, 0.1) is 5.69 Å². The lowest BCUT2D eigenvalue weighted by molar-refractivity contribution is 0.729. The fraction of sp³-hybridized carbons (Fsp3) is 0.700. The van der Waals surface area contributed by atoms with Gasteiger partial charge < -0.3 is 10.6 Å². The van der Waals surface area contributed by atoms with E-state index in [1.165, 1.54) is 18.0 Å². The van der Waals surface area contributed by atoms with Crippen molar-refractivity contribution in [2.24, 2.45) is 5.73 Å². The van der Waals surface area contributed by atoms with Crippen LogP contribution in [0.3, 0.4) is 0 Å². The van der Waals surface area contributed by atoms with Crippen molar-refractivity contribution in [3.63, 3.8) is 0 Å². The van der Waals surface area contributed by atoms with Crippen molar-refractivity contribution in [3.8, 4) is 0 Å². The van der Waals surface area contributed by atoms with E-state index in [9.17, 15) is 0 Å². The first kappa shape index (κ1) is 9.93. The van der Waals surface area contributed by atoms with Gasteiger partial charge in [-0.05, 0) is 32.7 Å². The van der Waals surface area contributed by atoms with Crippen LogP contribution in [0.4, 0.5) is 5.13 Å². The second-order valence-electron chi connectivity index (χ2n) is 3.84. The molecular formula is C10H17N3S. The fourth-order valence-electron chi connectivity index (χ4n) is 1.56. The van der Waals surface area contributed by atoms with E-state index in [4.69, 9.17) is 5.73 Å². The fourth-order valence-corrected chi connectivity index (χ4v) is 2.46. The monoisotopic (exact) mass is 211 g/mol. The van der Waals surface area contributed by atoms with Crippen LogP contribution in [0.2, 0.25) is 0 Å². The molecule has 1 fully saturated rings. The molecule has 14 heavy (non-hydrogen) atoms. The minimum atomic E-state index is 0.743. The van der Waals surface area contributed by atoms with E-state index in [2.05, 4.69) is 15.3 Å². The van der Waals surface area contributed by atoms with Crippen LogP contribution in [-0.4, -0.2) is 24.1 Å². The third kappa shape index (κ3) is 2.25. The van der Waals surface area contributed by atoms with Crippen molar-refractivity contribution in [1.82, 2.24) is 4.98 Å². The third-order valence-electron chi connectivity index (χ3n) is 2.44. The van der Waals surface area contributed by atoms with Gasteiger partial charge in [-0.2, -0.15) is 0 Å². The highest BCUT2D eigenvalue weighted by Crippen LogP contribution is 2.33. The first-order valence-electron chi connectivity index (χ1n) is 5.20. The summed E-state index contributed by atoms with van der Waals surface area (Å²) in [7, 11) is 0. The Balaban J connectivity index is 2.02. The van der Waals surface area contributed by atoms with E-state index >= 15 is 0 Å². The molecule has 0 spiro atoms. The number of aromatic nitrogens is 1. The molecule has 1 aromatic rings. The van der Waals surface area contributed by atoms with Gasteiger partial charge in [-0.3, -0.25) is 0 Å². The first-order valence-corrected chi connectivity index (χ1v) is 6.08. The van der Waals surface area contributed by atoms with E-state index in [0.29, 0.717) is 0 Å². The van der Waals surface area contributed by atoms with Crippen molar-refractivity contribution in [1.29, 1.82) is 0 Å². The molecule has 2 N–H and O–H groups in total. The standard InChI is InChI=1S/C10H17N3S/c1-8-7-14-10(12-8)13(6-2-5-11)9-3-4-9/h7,9H,2-6,11H2,1H3. The number of aryl methyl sites for hydroxylation is 1. The summed E-state index contributed by atoms with van der Waals surface area (Å²) in [6.07, 6.45) is 3.71. The Morgan fingerprint density at radius 1 is 1.64 bits per heavy atom. The lowest BCUT2D eigenvalue weighted by Crippen LogP contribution is -2.28. The van der Waals surface area contributed by atoms with Gasteiger partial charge in [-0.25, -0.2) is 4.98 Å². The molecule has 4 heteroatoms. The lowest BCUT2D eigenvalue weighted by atomic mass is 10.4. The normalized spacial score (nSPS) is 15.9. The van der Waals surface area contributed by atoms with E-state index in [1.54, 1.807) is 11.3 Å². The molecule has 0 unspecified atom stereocenters. The van der Waals surface area contributed by atoms with Gasteiger partial charge in [0, 0.05) is 18.0 Å². The summed E-state index contributed by atoms with van der Waals surface area (Å²) in [6.45, 7) is 3.88. The smallest absolute Gasteiger partial charge is 0.185 e. The summed E-state index contributed by atoms with van der Waals surface area (Å²) in [6, 6.07) is 0.743. The third-order valence-corrected chi connectivity index (χ3v) is 3.44. The number of hydrogen-bond acceptors (Lipinski definition) is 4. The molecule has 1 aromatic heterocycles. The zero-order valence-electron chi connectivity index (χ0n) is 8.57. The highest BCUT2D eigenvalue weighted by atomic mass is 32.1. The number of thiazole rings is 1. The van der Waals surface area contributed by atoms with Crippen LogP contribution in [0.5, 0.6) is 0 Å². The van der Waals surface area contributed by atoms with Crippen LogP contribution in [-0.2, 0) is 0 Å². The number of anilines is 1. The maximum Gasteiger partial charge on any atom is 0.185 e. The van der Waals surface area contributed by atoms with Crippen LogP contribution >= 0.6 is 11.3 Å². The van der Waals surface area contributed by atoms with Crippen LogP contribution < -0.4 is 10.6 Å². The molecule has 1 saturated carbocycles. The summed E-state index contributed by atoms with van der Waals surface area (Å²) < 4.78 is 0. The predicted molar refractivity (Wildman–Crippen MR) is 60.9 cm³/mol. The topological polar surface area (TPSA) is 42.1 Å². The number of rotatable bonds is 5. The maximum absolute atomic E-state index is 5.54. The van der Waals surface area contributed by atoms with Crippen molar-refractivity contribution in [2.75, 3.05) is 18.0 Å². The Labute approximate surface area is 88.9 Å². The lowest BCUT2D eigenvalue weighted by Gasteiger charge is -2.20. The number of hydrogen-bond donors (Lipinski definition) is 1. The summed E-state index contributed by atoms with van der Waals surface area (Å²) in [4.78, 5) is 6.95. The van der Waals surface area contributed by atoms with Crippen molar-refractivity contribution in [2.45, 2.75) is 32.2 Å². The molecule has 0 saturated heterocycles. The highest BCUT2D eigenvalue weighted by Gasteiger charge is 2.30. The van der Waals surface area contributed by atoms with Gasteiger partial charge in [0.1, 0.15) is 0 Å². The summed E-state index contributed by atoms with van der Waals surface area (Å²) >= 11 is 1.75. The number of nitrogens with two attached hydrogens (primary N) is 1. The Hall–Kier alpha value is -0.610. The molecular weight excluding hydrogens is 194 g/mol. The SMILES string of the molecule is Cc1csc(N(CCCN)C2CC2)n1. The van der Waals surface area contributed by atoms with Crippen molar-refractivity contribution < 1.29 is 0 Å². The minimum absolute atomic E-state index is 0.743. The molecule has 0 aliphatic heterocycles. The summed E-state index contributed by atoms with van der Waals surface area (Å²) in [5, 5.41) is 3.30. The second kappa shape index (κ2) is 4.28.